The number of aromatic nitrogens is 2. The predicted octanol–water partition coefficient (Wildman–Crippen LogP) is 9.90. The Kier molecular flexibility index (Phi) is 5.83. The zero-order valence-electron chi connectivity index (χ0n) is 22.3. The molecule has 7 aromatic rings. The molecule has 0 saturated carbocycles. The quantitative estimate of drug-likeness (QED) is 0.159. The van der Waals surface area contributed by atoms with Crippen LogP contribution in [0.1, 0.15) is 6.92 Å². The van der Waals surface area contributed by atoms with Crippen molar-refractivity contribution < 1.29 is 4.74 Å². The van der Waals surface area contributed by atoms with Crippen molar-refractivity contribution in [3.63, 3.8) is 0 Å². The van der Waals surface area contributed by atoms with Crippen molar-refractivity contribution in [3.05, 3.63) is 152 Å². The predicted molar refractivity (Wildman–Crippen MR) is 169 cm³/mol. The average Bonchev–Trinajstić information content (AvgIpc) is 3.53. The van der Waals surface area contributed by atoms with Crippen LogP contribution in [0.3, 0.4) is 0 Å². The molecular weight excluding hydrogens is 488 g/mol. The highest BCUT2D eigenvalue weighted by atomic mass is 16.5. The summed E-state index contributed by atoms with van der Waals surface area (Å²) in [5.74, 6) is 1.54. The number of para-hydroxylation sites is 4. The topological polar surface area (TPSA) is 19.1 Å². The van der Waals surface area contributed by atoms with Gasteiger partial charge in [-0.05, 0) is 73.7 Å². The summed E-state index contributed by atoms with van der Waals surface area (Å²) in [5.41, 5.74) is 6.64. The van der Waals surface area contributed by atoms with E-state index in [0.29, 0.717) is 0 Å². The zero-order chi connectivity index (χ0) is 27.1. The standard InChI is InChI=1S/C37H28N2O/c1-3-28(23-20-26(2)38-34-16-8-4-12-30(34)31-13-5-9-17-35(31)38)40-29-24-21-27(22-25-29)39-36-18-10-6-14-32(36)33-15-7-11-19-37(33)39/h3-25H,2H2,1H3/b23-20-,28-3+. The molecule has 192 valence electrons. The van der Waals surface area contributed by atoms with E-state index >= 15 is 0 Å². The second kappa shape index (κ2) is 9.79. The molecular formula is C37H28N2O. The molecule has 7 rings (SSSR count). The van der Waals surface area contributed by atoms with Crippen LogP contribution in [0.2, 0.25) is 0 Å². The van der Waals surface area contributed by atoms with Crippen molar-refractivity contribution in [3.8, 4) is 11.4 Å². The minimum absolute atomic E-state index is 0.756. The summed E-state index contributed by atoms with van der Waals surface area (Å²) in [6.45, 7) is 6.37. The van der Waals surface area contributed by atoms with Gasteiger partial charge in [0.2, 0.25) is 0 Å². The lowest BCUT2D eigenvalue weighted by Gasteiger charge is -2.11. The highest BCUT2D eigenvalue weighted by Gasteiger charge is 2.12. The normalized spacial score (nSPS) is 12.3. The molecule has 5 aromatic carbocycles. The Morgan fingerprint density at radius 3 is 1.52 bits per heavy atom. The Morgan fingerprint density at radius 1 is 0.575 bits per heavy atom. The van der Waals surface area contributed by atoms with Gasteiger partial charge in [0.25, 0.3) is 0 Å². The molecule has 2 heterocycles. The molecule has 2 aromatic heterocycles. The van der Waals surface area contributed by atoms with E-state index in [0.717, 1.165) is 33.9 Å². The summed E-state index contributed by atoms with van der Waals surface area (Å²) < 4.78 is 10.8. The number of rotatable bonds is 6. The first-order valence-electron chi connectivity index (χ1n) is 13.5. The fourth-order valence-corrected chi connectivity index (χ4v) is 5.67. The van der Waals surface area contributed by atoms with Gasteiger partial charge >= 0.3 is 0 Å². The van der Waals surface area contributed by atoms with Crippen molar-refractivity contribution in [2.24, 2.45) is 0 Å². The Labute approximate surface area is 233 Å². The number of benzene rings is 5. The summed E-state index contributed by atoms with van der Waals surface area (Å²) in [7, 11) is 0. The number of ether oxygens (including phenoxy) is 1. The van der Waals surface area contributed by atoms with E-state index in [4.69, 9.17) is 4.74 Å². The fourth-order valence-electron chi connectivity index (χ4n) is 5.67. The second-order valence-electron chi connectivity index (χ2n) is 9.85. The third-order valence-corrected chi connectivity index (χ3v) is 7.50. The molecule has 0 amide bonds. The molecule has 0 atom stereocenters. The molecule has 0 aliphatic carbocycles. The van der Waals surface area contributed by atoms with Crippen LogP contribution in [0.15, 0.2) is 152 Å². The van der Waals surface area contributed by atoms with Gasteiger partial charge in [-0.3, -0.25) is 0 Å². The summed E-state index contributed by atoms with van der Waals surface area (Å²) in [6, 6.07) is 42.3. The molecule has 40 heavy (non-hydrogen) atoms. The maximum absolute atomic E-state index is 6.27. The van der Waals surface area contributed by atoms with Crippen LogP contribution < -0.4 is 4.74 Å². The van der Waals surface area contributed by atoms with Gasteiger partial charge in [0.15, 0.2) is 0 Å². The number of hydrogen-bond donors (Lipinski definition) is 0. The molecule has 3 heteroatoms. The van der Waals surface area contributed by atoms with E-state index in [9.17, 15) is 0 Å². The monoisotopic (exact) mass is 516 g/mol. The minimum atomic E-state index is 0.756. The summed E-state index contributed by atoms with van der Waals surface area (Å²) >= 11 is 0. The van der Waals surface area contributed by atoms with Crippen LogP contribution in [-0.4, -0.2) is 9.13 Å². The molecule has 0 aliphatic rings. The van der Waals surface area contributed by atoms with Crippen LogP contribution in [-0.2, 0) is 0 Å². The van der Waals surface area contributed by atoms with Crippen LogP contribution in [0.5, 0.6) is 5.75 Å². The molecule has 0 radical (unpaired) electrons. The fraction of sp³-hybridized carbons (Fsp3) is 0.0270. The lowest BCUT2D eigenvalue weighted by atomic mass is 10.2. The van der Waals surface area contributed by atoms with Gasteiger partial charge in [0.05, 0.1) is 22.1 Å². The SMILES string of the molecule is C=C(/C=C\C(=C/C)Oc1ccc(-n2c3ccccc3c3ccccc32)cc1)n1c2ccccc2c2ccccc21. The summed E-state index contributed by atoms with van der Waals surface area (Å²) in [4.78, 5) is 0. The smallest absolute Gasteiger partial charge is 0.127 e. The number of hydrogen-bond acceptors (Lipinski definition) is 1. The van der Waals surface area contributed by atoms with Gasteiger partial charge in [-0.15, -0.1) is 0 Å². The first-order valence-corrected chi connectivity index (χ1v) is 13.5. The lowest BCUT2D eigenvalue weighted by molar-refractivity contribution is 0.443. The van der Waals surface area contributed by atoms with E-state index in [1.54, 1.807) is 0 Å². The Morgan fingerprint density at radius 2 is 1.02 bits per heavy atom. The first-order chi connectivity index (χ1) is 19.7. The van der Waals surface area contributed by atoms with E-state index in [1.807, 2.05) is 37.3 Å². The largest absolute Gasteiger partial charge is 0.458 e. The van der Waals surface area contributed by atoms with Crippen molar-refractivity contribution in [2.45, 2.75) is 6.92 Å². The molecule has 0 fully saturated rings. The van der Waals surface area contributed by atoms with Gasteiger partial charge in [-0.2, -0.15) is 0 Å². The van der Waals surface area contributed by atoms with Gasteiger partial charge in [0, 0.05) is 32.9 Å². The highest BCUT2D eigenvalue weighted by Crippen LogP contribution is 2.33. The Hall–Kier alpha value is -5.28. The van der Waals surface area contributed by atoms with E-state index < -0.39 is 0 Å². The van der Waals surface area contributed by atoms with Gasteiger partial charge in [-0.25, -0.2) is 0 Å². The van der Waals surface area contributed by atoms with Gasteiger partial charge in [-0.1, -0.05) is 79.4 Å². The molecule has 0 saturated heterocycles. The first kappa shape index (κ1) is 23.8. The van der Waals surface area contributed by atoms with E-state index in [-0.39, 0.29) is 0 Å². The van der Waals surface area contributed by atoms with E-state index in [2.05, 4.69) is 125 Å². The molecule has 0 spiro atoms. The Balaban J connectivity index is 1.16. The zero-order valence-corrected chi connectivity index (χ0v) is 22.3. The van der Waals surface area contributed by atoms with Crippen LogP contribution in [0, 0.1) is 0 Å². The third kappa shape index (κ3) is 3.91. The van der Waals surface area contributed by atoms with Crippen molar-refractivity contribution in [1.82, 2.24) is 9.13 Å². The lowest BCUT2D eigenvalue weighted by Crippen LogP contribution is -1.96. The number of fused-ring (bicyclic) bond motifs is 6. The molecule has 3 nitrogen and oxygen atoms in total. The number of nitrogens with zero attached hydrogens (tertiary/aromatic N) is 2. The average molecular weight is 517 g/mol. The van der Waals surface area contributed by atoms with Crippen molar-refractivity contribution in [2.75, 3.05) is 0 Å². The molecule has 0 N–H and O–H groups in total. The van der Waals surface area contributed by atoms with Crippen LogP contribution in [0.4, 0.5) is 0 Å². The Bertz CT molecular complexity index is 2000. The summed E-state index contributed by atoms with van der Waals surface area (Å²) in [6.07, 6.45) is 5.96. The van der Waals surface area contributed by atoms with Gasteiger partial charge in [0.1, 0.15) is 11.5 Å². The van der Waals surface area contributed by atoms with Crippen LogP contribution >= 0.6 is 0 Å². The highest BCUT2D eigenvalue weighted by molar-refractivity contribution is 6.10. The van der Waals surface area contributed by atoms with Crippen LogP contribution in [0.25, 0.3) is 55.0 Å². The molecule has 0 aliphatic heterocycles. The third-order valence-electron chi connectivity index (χ3n) is 7.50. The molecule has 0 unspecified atom stereocenters. The molecule has 0 bridgehead atoms. The number of allylic oxidation sites excluding steroid dienone is 4. The van der Waals surface area contributed by atoms with Crippen molar-refractivity contribution >= 4 is 49.3 Å². The summed E-state index contributed by atoms with van der Waals surface area (Å²) in [5, 5.41) is 4.95. The van der Waals surface area contributed by atoms with E-state index in [1.165, 1.54) is 32.6 Å². The maximum Gasteiger partial charge on any atom is 0.127 e. The van der Waals surface area contributed by atoms with Crippen molar-refractivity contribution in [1.29, 1.82) is 0 Å². The second-order valence-corrected chi connectivity index (χ2v) is 9.85. The van der Waals surface area contributed by atoms with Gasteiger partial charge < -0.3 is 13.9 Å². The maximum atomic E-state index is 6.27. The minimum Gasteiger partial charge on any atom is -0.458 e.